The number of nitrogens with zero attached hydrogens (tertiary/aromatic N) is 1. The Morgan fingerprint density at radius 1 is 1.29 bits per heavy atom. The molecule has 2 rings (SSSR count). The van der Waals surface area contributed by atoms with Crippen molar-refractivity contribution < 1.29 is 17.2 Å². The number of hydrogen-bond acceptors (Lipinski definition) is 3. The average molecular weight is 383 g/mol. The molecule has 0 unspecified atom stereocenters. The van der Waals surface area contributed by atoms with E-state index in [9.17, 15) is 17.2 Å². The first-order valence-corrected chi connectivity index (χ1v) is 8.89. The minimum absolute atomic E-state index is 0.0910. The van der Waals surface area contributed by atoms with Crippen molar-refractivity contribution in [1.82, 2.24) is 9.62 Å². The standard InChI is InChI=1S/C13H17BrF2N2O2S/c1-17-8-9-2-4-18(5-3-9)21(19,20)13-7-11(15)10(14)6-12(13)16/h6-7,9,17H,2-5,8H2,1H3. The van der Waals surface area contributed by atoms with E-state index in [1.54, 1.807) is 0 Å². The van der Waals surface area contributed by atoms with Crippen molar-refractivity contribution in [3.05, 3.63) is 28.2 Å². The molecule has 1 aromatic carbocycles. The molecule has 1 saturated heterocycles. The van der Waals surface area contributed by atoms with Crippen LogP contribution in [0.2, 0.25) is 0 Å². The summed E-state index contributed by atoms with van der Waals surface area (Å²) >= 11 is 2.84. The van der Waals surface area contributed by atoms with E-state index < -0.39 is 26.6 Å². The van der Waals surface area contributed by atoms with Crippen LogP contribution in [0, 0.1) is 17.6 Å². The average Bonchev–Trinajstić information content (AvgIpc) is 2.43. The first-order chi connectivity index (χ1) is 9.86. The minimum atomic E-state index is -3.99. The van der Waals surface area contributed by atoms with Gasteiger partial charge >= 0.3 is 0 Å². The van der Waals surface area contributed by atoms with E-state index in [4.69, 9.17) is 0 Å². The summed E-state index contributed by atoms with van der Waals surface area (Å²) in [5.74, 6) is -1.33. The minimum Gasteiger partial charge on any atom is -0.319 e. The molecule has 1 heterocycles. The highest BCUT2D eigenvalue weighted by atomic mass is 79.9. The highest BCUT2D eigenvalue weighted by Gasteiger charge is 2.31. The molecule has 1 aliphatic rings. The molecule has 0 radical (unpaired) electrons. The normalized spacial score (nSPS) is 18.1. The zero-order chi connectivity index (χ0) is 15.6. The van der Waals surface area contributed by atoms with Crippen LogP contribution in [0.5, 0.6) is 0 Å². The van der Waals surface area contributed by atoms with E-state index in [-0.39, 0.29) is 4.47 Å². The van der Waals surface area contributed by atoms with Gasteiger partial charge in [0.25, 0.3) is 0 Å². The molecular weight excluding hydrogens is 366 g/mol. The summed E-state index contributed by atoms with van der Waals surface area (Å²) in [6.45, 7) is 1.48. The summed E-state index contributed by atoms with van der Waals surface area (Å²) < 4.78 is 53.4. The Kier molecular flexibility index (Phi) is 5.34. The fraction of sp³-hybridized carbons (Fsp3) is 0.538. The molecule has 1 fully saturated rings. The van der Waals surface area contributed by atoms with Crippen LogP contribution in [0.4, 0.5) is 8.78 Å². The van der Waals surface area contributed by atoms with Gasteiger partial charge in [-0.3, -0.25) is 0 Å². The molecule has 0 spiro atoms. The van der Waals surface area contributed by atoms with Gasteiger partial charge in [0, 0.05) is 13.1 Å². The third-order valence-electron chi connectivity index (χ3n) is 3.66. The molecule has 118 valence electrons. The Labute approximate surface area is 131 Å². The van der Waals surface area contributed by atoms with Gasteiger partial charge in [0.1, 0.15) is 16.5 Å². The van der Waals surface area contributed by atoms with E-state index >= 15 is 0 Å². The van der Waals surface area contributed by atoms with Crippen LogP contribution in [0.15, 0.2) is 21.5 Å². The fourth-order valence-corrected chi connectivity index (χ4v) is 4.33. The van der Waals surface area contributed by atoms with Gasteiger partial charge in [-0.2, -0.15) is 4.31 Å². The summed E-state index contributed by atoms with van der Waals surface area (Å²) in [5, 5.41) is 3.06. The first kappa shape index (κ1) is 16.8. The van der Waals surface area contributed by atoms with E-state index in [0.29, 0.717) is 31.8 Å². The van der Waals surface area contributed by atoms with E-state index in [2.05, 4.69) is 21.2 Å². The monoisotopic (exact) mass is 382 g/mol. The zero-order valence-corrected chi connectivity index (χ0v) is 14.0. The van der Waals surface area contributed by atoms with Crippen LogP contribution >= 0.6 is 15.9 Å². The zero-order valence-electron chi connectivity index (χ0n) is 11.6. The lowest BCUT2D eigenvalue weighted by molar-refractivity contribution is 0.270. The number of sulfonamides is 1. The van der Waals surface area contributed by atoms with Crippen LogP contribution in [-0.4, -0.2) is 39.4 Å². The quantitative estimate of drug-likeness (QED) is 0.813. The second-order valence-electron chi connectivity index (χ2n) is 5.10. The number of nitrogens with one attached hydrogen (secondary N) is 1. The van der Waals surface area contributed by atoms with Gasteiger partial charge in [0.05, 0.1) is 4.47 Å². The third-order valence-corrected chi connectivity index (χ3v) is 6.18. The predicted molar refractivity (Wildman–Crippen MR) is 79.5 cm³/mol. The molecule has 0 aliphatic carbocycles. The van der Waals surface area contributed by atoms with Gasteiger partial charge < -0.3 is 5.32 Å². The van der Waals surface area contributed by atoms with Crippen molar-refractivity contribution in [2.45, 2.75) is 17.7 Å². The molecule has 21 heavy (non-hydrogen) atoms. The summed E-state index contributed by atoms with van der Waals surface area (Å²) in [6.07, 6.45) is 1.42. The number of rotatable bonds is 4. The SMILES string of the molecule is CNCC1CCN(S(=O)(=O)c2cc(F)c(Br)cc2F)CC1. The highest BCUT2D eigenvalue weighted by Crippen LogP contribution is 2.28. The second kappa shape index (κ2) is 6.68. The Bertz CT molecular complexity index is 617. The molecule has 0 bridgehead atoms. The van der Waals surface area contributed by atoms with Gasteiger partial charge in [-0.1, -0.05) is 0 Å². The van der Waals surface area contributed by atoms with Gasteiger partial charge in [0.2, 0.25) is 10.0 Å². The molecule has 0 amide bonds. The van der Waals surface area contributed by atoms with Crippen molar-refractivity contribution >= 4 is 26.0 Å². The Morgan fingerprint density at radius 2 is 1.90 bits per heavy atom. The van der Waals surface area contributed by atoms with E-state index in [1.807, 2.05) is 7.05 Å². The lowest BCUT2D eigenvalue weighted by Gasteiger charge is -2.31. The number of benzene rings is 1. The van der Waals surface area contributed by atoms with Gasteiger partial charge in [-0.25, -0.2) is 17.2 Å². The molecule has 1 aliphatic heterocycles. The molecule has 1 aromatic rings. The van der Waals surface area contributed by atoms with E-state index in [0.717, 1.165) is 18.7 Å². The van der Waals surface area contributed by atoms with Gasteiger partial charge in [-0.05, 0) is 60.4 Å². The van der Waals surface area contributed by atoms with Crippen LogP contribution in [0.3, 0.4) is 0 Å². The van der Waals surface area contributed by atoms with Crippen LogP contribution in [0.25, 0.3) is 0 Å². The first-order valence-electron chi connectivity index (χ1n) is 6.65. The third kappa shape index (κ3) is 3.61. The van der Waals surface area contributed by atoms with Crippen molar-refractivity contribution in [1.29, 1.82) is 0 Å². The lowest BCUT2D eigenvalue weighted by Crippen LogP contribution is -2.40. The van der Waals surface area contributed by atoms with Crippen LogP contribution in [-0.2, 0) is 10.0 Å². The topological polar surface area (TPSA) is 49.4 Å². The summed E-state index contributed by atoms with van der Waals surface area (Å²) in [6, 6.07) is 1.57. The molecular formula is C13H17BrF2N2O2S. The maximum Gasteiger partial charge on any atom is 0.246 e. The summed E-state index contributed by atoms with van der Waals surface area (Å²) in [4.78, 5) is -0.602. The Hall–Kier alpha value is -0.570. The number of piperidine rings is 1. The van der Waals surface area contributed by atoms with Crippen LogP contribution in [0.1, 0.15) is 12.8 Å². The Balaban J connectivity index is 2.22. The van der Waals surface area contributed by atoms with Crippen molar-refractivity contribution in [3.8, 4) is 0 Å². The largest absolute Gasteiger partial charge is 0.319 e. The van der Waals surface area contributed by atoms with Gasteiger partial charge in [0.15, 0.2) is 0 Å². The van der Waals surface area contributed by atoms with Gasteiger partial charge in [-0.15, -0.1) is 0 Å². The molecule has 0 atom stereocenters. The maximum atomic E-state index is 13.9. The molecule has 8 heteroatoms. The van der Waals surface area contributed by atoms with Crippen molar-refractivity contribution in [2.75, 3.05) is 26.7 Å². The number of hydrogen-bond donors (Lipinski definition) is 1. The molecule has 4 nitrogen and oxygen atoms in total. The molecule has 0 saturated carbocycles. The van der Waals surface area contributed by atoms with Crippen molar-refractivity contribution in [2.24, 2.45) is 5.92 Å². The second-order valence-corrected chi connectivity index (χ2v) is 7.86. The van der Waals surface area contributed by atoms with Crippen LogP contribution < -0.4 is 5.32 Å². The predicted octanol–water partition coefficient (Wildman–Crippen LogP) is 2.35. The Morgan fingerprint density at radius 3 is 2.48 bits per heavy atom. The molecule has 0 aromatic heterocycles. The molecule has 1 N–H and O–H groups in total. The highest BCUT2D eigenvalue weighted by molar-refractivity contribution is 9.10. The summed E-state index contributed by atoms with van der Waals surface area (Å²) in [7, 11) is -2.14. The number of halogens is 3. The maximum absolute atomic E-state index is 13.9. The summed E-state index contributed by atoms with van der Waals surface area (Å²) in [5.41, 5.74) is 0. The lowest BCUT2D eigenvalue weighted by atomic mass is 9.98. The fourth-order valence-electron chi connectivity index (χ4n) is 2.48. The van der Waals surface area contributed by atoms with Crippen molar-refractivity contribution in [3.63, 3.8) is 0 Å². The smallest absolute Gasteiger partial charge is 0.246 e. The van der Waals surface area contributed by atoms with E-state index in [1.165, 1.54) is 4.31 Å².